The summed E-state index contributed by atoms with van der Waals surface area (Å²) in [6, 6.07) is 0. The van der Waals surface area contributed by atoms with E-state index in [2.05, 4.69) is 10.2 Å². The first kappa shape index (κ1) is 12.0. The Hall–Kier alpha value is -1.03. The summed E-state index contributed by atoms with van der Waals surface area (Å²) in [5.41, 5.74) is 1.99. The van der Waals surface area contributed by atoms with Crippen molar-refractivity contribution in [2.45, 2.75) is 20.8 Å². The average molecular weight is 205 g/mol. The fourth-order valence-corrected chi connectivity index (χ4v) is 1.05. The van der Waals surface area contributed by atoms with Crippen LogP contribution >= 0.6 is 12.4 Å². The maximum absolute atomic E-state index is 11.3. The highest BCUT2D eigenvalue weighted by Gasteiger charge is 2.15. The third-order valence-electron chi connectivity index (χ3n) is 1.61. The number of aromatic nitrogens is 2. The Morgan fingerprint density at radius 1 is 1.54 bits per heavy atom. The summed E-state index contributed by atoms with van der Waals surface area (Å²) in [6.07, 6.45) is 0. The van der Waals surface area contributed by atoms with E-state index in [1.807, 2.05) is 0 Å². The Morgan fingerprint density at radius 2 is 2.15 bits per heavy atom. The quantitative estimate of drug-likeness (QED) is 0.745. The molecule has 1 N–H and O–H groups in total. The van der Waals surface area contributed by atoms with E-state index in [9.17, 15) is 4.79 Å². The topological polar surface area (TPSA) is 55.0 Å². The van der Waals surface area contributed by atoms with E-state index in [1.165, 1.54) is 0 Å². The van der Waals surface area contributed by atoms with E-state index in [4.69, 9.17) is 4.74 Å². The molecular formula is C8H13ClN2O2. The molecule has 13 heavy (non-hydrogen) atoms. The van der Waals surface area contributed by atoms with Crippen molar-refractivity contribution in [3.8, 4) is 0 Å². The van der Waals surface area contributed by atoms with Crippen molar-refractivity contribution in [1.82, 2.24) is 10.2 Å². The number of ether oxygens (including phenoxy) is 1. The van der Waals surface area contributed by atoms with Crippen LogP contribution in [0.15, 0.2) is 0 Å². The number of hydrogen-bond acceptors (Lipinski definition) is 3. The molecule has 0 fully saturated rings. The molecule has 0 spiro atoms. The molecule has 0 aromatic carbocycles. The molecule has 0 aliphatic rings. The van der Waals surface area contributed by atoms with Gasteiger partial charge >= 0.3 is 5.97 Å². The number of hydrogen-bond donors (Lipinski definition) is 1. The number of esters is 1. The molecule has 0 unspecified atom stereocenters. The highest BCUT2D eigenvalue weighted by Crippen LogP contribution is 2.10. The molecule has 0 atom stereocenters. The number of halogens is 1. The van der Waals surface area contributed by atoms with Gasteiger partial charge in [0.2, 0.25) is 0 Å². The van der Waals surface area contributed by atoms with Crippen molar-refractivity contribution in [1.29, 1.82) is 0 Å². The number of H-pyrrole nitrogens is 1. The van der Waals surface area contributed by atoms with Crippen molar-refractivity contribution in [2.24, 2.45) is 0 Å². The normalized spacial score (nSPS) is 9.15. The van der Waals surface area contributed by atoms with Gasteiger partial charge in [0.25, 0.3) is 0 Å². The third-order valence-corrected chi connectivity index (χ3v) is 1.61. The lowest BCUT2D eigenvalue weighted by atomic mass is 10.2. The summed E-state index contributed by atoms with van der Waals surface area (Å²) in [7, 11) is 0. The van der Waals surface area contributed by atoms with Gasteiger partial charge < -0.3 is 4.74 Å². The Kier molecular flexibility index (Phi) is 4.48. The van der Waals surface area contributed by atoms with E-state index >= 15 is 0 Å². The highest BCUT2D eigenvalue weighted by molar-refractivity contribution is 5.91. The van der Waals surface area contributed by atoms with Crippen LogP contribution in [-0.2, 0) is 4.74 Å². The van der Waals surface area contributed by atoms with Crippen LogP contribution in [0.3, 0.4) is 0 Å². The zero-order chi connectivity index (χ0) is 9.14. The number of carbonyl (C=O) groups excluding carboxylic acids is 1. The Bertz CT molecular complexity index is 277. The molecule has 0 saturated heterocycles. The van der Waals surface area contributed by atoms with Crippen LogP contribution in [0.2, 0.25) is 0 Å². The van der Waals surface area contributed by atoms with Gasteiger partial charge in [0.15, 0.2) is 0 Å². The van der Waals surface area contributed by atoms with Crippen molar-refractivity contribution in [3.05, 3.63) is 17.0 Å². The lowest BCUT2D eigenvalue weighted by Gasteiger charge is -1.99. The predicted molar refractivity (Wildman–Crippen MR) is 51.3 cm³/mol. The summed E-state index contributed by atoms with van der Waals surface area (Å²) in [6.45, 7) is 5.74. The first-order valence-electron chi connectivity index (χ1n) is 3.85. The summed E-state index contributed by atoms with van der Waals surface area (Å²) in [5, 5.41) is 6.62. The molecule has 1 aromatic rings. The molecule has 0 saturated carbocycles. The highest BCUT2D eigenvalue weighted by atomic mass is 35.5. The van der Waals surface area contributed by atoms with Gasteiger partial charge in [-0.25, -0.2) is 4.79 Å². The molecule has 0 bridgehead atoms. The van der Waals surface area contributed by atoms with Crippen molar-refractivity contribution in [3.63, 3.8) is 0 Å². The van der Waals surface area contributed by atoms with Crippen LogP contribution < -0.4 is 0 Å². The molecular weight excluding hydrogens is 192 g/mol. The van der Waals surface area contributed by atoms with Crippen LogP contribution in [0.1, 0.15) is 28.7 Å². The molecule has 5 heteroatoms. The zero-order valence-corrected chi connectivity index (χ0v) is 8.70. The van der Waals surface area contributed by atoms with Gasteiger partial charge in [-0.2, -0.15) is 5.10 Å². The number of nitrogens with one attached hydrogen (secondary N) is 1. The van der Waals surface area contributed by atoms with Gasteiger partial charge in [-0.15, -0.1) is 12.4 Å². The van der Waals surface area contributed by atoms with Crippen LogP contribution in [0.25, 0.3) is 0 Å². The molecule has 1 aromatic heterocycles. The average Bonchev–Trinajstić information content (AvgIpc) is 2.32. The molecule has 0 aliphatic carbocycles. The number of aryl methyl sites for hydroxylation is 2. The second-order valence-electron chi connectivity index (χ2n) is 2.53. The number of rotatable bonds is 2. The Morgan fingerprint density at radius 3 is 2.54 bits per heavy atom. The fourth-order valence-electron chi connectivity index (χ4n) is 1.05. The van der Waals surface area contributed by atoms with E-state index in [1.54, 1.807) is 20.8 Å². The number of carbonyl (C=O) groups is 1. The minimum absolute atomic E-state index is 0. The largest absolute Gasteiger partial charge is 0.462 e. The van der Waals surface area contributed by atoms with E-state index in [-0.39, 0.29) is 18.4 Å². The lowest BCUT2D eigenvalue weighted by molar-refractivity contribution is 0.0525. The van der Waals surface area contributed by atoms with Crippen LogP contribution in [0.5, 0.6) is 0 Å². The molecule has 74 valence electrons. The number of aromatic amines is 1. The second kappa shape index (κ2) is 4.87. The van der Waals surface area contributed by atoms with Gasteiger partial charge in [0, 0.05) is 5.69 Å². The Labute approximate surface area is 83.1 Å². The van der Waals surface area contributed by atoms with Gasteiger partial charge in [0.1, 0.15) is 5.56 Å². The maximum Gasteiger partial charge on any atom is 0.341 e. The second-order valence-corrected chi connectivity index (χ2v) is 2.53. The van der Waals surface area contributed by atoms with Crippen LogP contribution in [0.4, 0.5) is 0 Å². The molecule has 4 nitrogen and oxygen atoms in total. The standard InChI is InChI=1S/C8H12N2O2.ClH/c1-4-12-8(11)7-5(2)9-10-6(7)3;/h4H2,1-3H3,(H,9,10);1H. The van der Waals surface area contributed by atoms with Crippen LogP contribution in [-0.4, -0.2) is 22.8 Å². The van der Waals surface area contributed by atoms with Crippen molar-refractivity contribution < 1.29 is 9.53 Å². The monoisotopic (exact) mass is 204 g/mol. The summed E-state index contributed by atoms with van der Waals surface area (Å²) in [5.74, 6) is -0.304. The lowest BCUT2D eigenvalue weighted by Crippen LogP contribution is -2.06. The van der Waals surface area contributed by atoms with Gasteiger partial charge in [-0.1, -0.05) is 0 Å². The van der Waals surface area contributed by atoms with Crippen molar-refractivity contribution in [2.75, 3.05) is 6.61 Å². The van der Waals surface area contributed by atoms with E-state index in [0.717, 1.165) is 5.69 Å². The molecule has 0 amide bonds. The molecule has 1 rings (SSSR count). The smallest absolute Gasteiger partial charge is 0.341 e. The molecule has 0 aliphatic heterocycles. The molecule has 0 radical (unpaired) electrons. The Balaban J connectivity index is 0.00000144. The summed E-state index contributed by atoms with van der Waals surface area (Å²) >= 11 is 0. The summed E-state index contributed by atoms with van der Waals surface area (Å²) in [4.78, 5) is 11.3. The van der Waals surface area contributed by atoms with Crippen molar-refractivity contribution >= 4 is 18.4 Å². The third kappa shape index (κ3) is 2.45. The van der Waals surface area contributed by atoms with Gasteiger partial charge in [-0.3, -0.25) is 5.10 Å². The van der Waals surface area contributed by atoms with Gasteiger partial charge in [-0.05, 0) is 20.8 Å². The number of nitrogens with zero attached hydrogens (tertiary/aromatic N) is 1. The van der Waals surface area contributed by atoms with Gasteiger partial charge in [0.05, 0.1) is 12.3 Å². The minimum Gasteiger partial charge on any atom is -0.462 e. The fraction of sp³-hybridized carbons (Fsp3) is 0.500. The summed E-state index contributed by atoms with van der Waals surface area (Å²) < 4.78 is 4.85. The van der Waals surface area contributed by atoms with E-state index in [0.29, 0.717) is 17.9 Å². The zero-order valence-electron chi connectivity index (χ0n) is 7.88. The first-order chi connectivity index (χ1) is 5.66. The first-order valence-corrected chi connectivity index (χ1v) is 3.85. The minimum atomic E-state index is -0.304. The van der Waals surface area contributed by atoms with E-state index < -0.39 is 0 Å². The predicted octanol–water partition coefficient (Wildman–Crippen LogP) is 1.63. The molecule has 1 heterocycles. The maximum atomic E-state index is 11.3. The van der Waals surface area contributed by atoms with Crippen LogP contribution in [0, 0.1) is 13.8 Å². The SMILES string of the molecule is CCOC(=O)c1c(C)n[nH]c1C.Cl.